The number of benzene rings is 1. The van der Waals surface area contributed by atoms with Gasteiger partial charge in [0, 0.05) is 45.1 Å². The monoisotopic (exact) mass is 434 g/mol. The van der Waals surface area contributed by atoms with Crippen LogP contribution < -0.4 is 10.1 Å². The van der Waals surface area contributed by atoms with Crippen molar-refractivity contribution in [2.75, 3.05) is 59.7 Å². The highest BCUT2D eigenvalue weighted by Crippen LogP contribution is 2.43. The van der Waals surface area contributed by atoms with E-state index < -0.39 is 6.10 Å². The Morgan fingerprint density at radius 1 is 1.32 bits per heavy atom. The molecule has 3 atom stereocenters. The number of aryl methyl sites for hydroxylation is 1. The average molecular weight is 435 g/mol. The van der Waals surface area contributed by atoms with E-state index in [0.717, 1.165) is 68.1 Å². The number of amides is 1. The predicted molar refractivity (Wildman–Crippen MR) is 119 cm³/mol. The van der Waals surface area contributed by atoms with Crippen molar-refractivity contribution < 1.29 is 24.1 Å². The highest BCUT2D eigenvalue weighted by atomic mass is 16.5. The smallest absolute Gasteiger partial charge is 0.223 e. The van der Waals surface area contributed by atoms with Gasteiger partial charge in [0.2, 0.25) is 5.91 Å². The number of methoxy groups -OCH3 is 1. The zero-order valence-corrected chi connectivity index (χ0v) is 19.4. The summed E-state index contributed by atoms with van der Waals surface area (Å²) < 4.78 is 16.3. The first-order valence-corrected chi connectivity index (χ1v) is 11.4. The lowest BCUT2D eigenvalue weighted by Gasteiger charge is -2.36. The standard InChI is InChI=1S/C24H38N2O5/c1-16-15-21(31-14-13-29-4)18(3)22-19(16)5-6-20(23(22)27)17(2)24(28)25-7-8-26-9-11-30-12-10-26/h15,17,20,23,27H,5-14H2,1-4H3,(H,25,28). The maximum atomic E-state index is 12.8. The first kappa shape index (κ1) is 24.0. The summed E-state index contributed by atoms with van der Waals surface area (Å²) in [6.45, 7) is 11.8. The van der Waals surface area contributed by atoms with E-state index in [1.54, 1.807) is 7.11 Å². The molecule has 1 aromatic carbocycles. The molecule has 31 heavy (non-hydrogen) atoms. The van der Waals surface area contributed by atoms with Crippen LogP contribution >= 0.6 is 0 Å². The Labute approximate surface area is 186 Å². The molecule has 0 spiro atoms. The van der Waals surface area contributed by atoms with Gasteiger partial charge in [0.05, 0.1) is 25.9 Å². The second kappa shape index (κ2) is 11.3. The Kier molecular flexibility index (Phi) is 8.72. The van der Waals surface area contributed by atoms with Gasteiger partial charge >= 0.3 is 0 Å². The summed E-state index contributed by atoms with van der Waals surface area (Å²) in [7, 11) is 1.65. The fraction of sp³-hybridized carbons (Fsp3) is 0.708. The molecule has 1 fully saturated rings. The van der Waals surface area contributed by atoms with Crippen LogP contribution in [0.25, 0.3) is 0 Å². The molecule has 3 rings (SSSR count). The zero-order valence-electron chi connectivity index (χ0n) is 19.4. The SMILES string of the molecule is COCCOc1cc(C)c2c(c1C)C(O)C(C(C)C(=O)NCCN1CCOCC1)CC2. The predicted octanol–water partition coefficient (Wildman–Crippen LogP) is 2.01. The van der Waals surface area contributed by atoms with Gasteiger partial charge in [-0.05, 0) is 55.0 Å². The summed E-state index contributed by atoms with van der Waals surface area (Å²) in [5.74, 6) is 0.437. The lowest BCUT2D eigenvalue weighted by atomic mass is 9.72. The molecule has 7 heteroatoms. The second-order valence-electron chi connectivity index (χ2n) is 8.73. The molecule has 2 N–H and O–H groups in total. The van der Waals surface area contributed by atoms with Crippen LogP contribution in [-0.2, 0) is 20.7 Å². The van der Waals surface area contributed by atoms with Crippen LogP contribution in [0.5, 0.6) is 5.75 Å². The van der Waals surface area contributed by atoms with E-state index in [1.165, 1.54) is 5.56 Å². The largest absolute Gasteiger partial charge is 0.491 e. The van der Waals surface area contributed by atoms with Gasteiger partial charge in [-0.1, -0.05) is 6.92 Å². The lowest BCUT2D eigenvalue weighted by molar-refractivity contribution is -0.128. The number of ether oxygens (including phenoxy) is 3. The number of morpholine rings is 1. The number of aliphatic hydroxyl groups excluding tert-OH is 1. The Bertz CT molecular complexity index is 748. The van der Waals surface area contributed by atoms with Crippen molar-refractivity contribution in [2.24, 2.45) is 11.8 Å². The Balaban J connectivity index is 1.64. The maximum absolute atomic E-state index is 12.8. The first-order chi connectivity index (χ1) is 14.9. The molecule has 3 unspecified atom stereocenters. The fourth-order valence-electron chi connectivity index (χ4n) is 4.80. The molecule has 0 saturated carbocycles. The Morgan fingerprint density at radius 2 is 2.06 bits per heavy atom. The fourth-order valence-corrected chi connectivity index (χ4v) is 4.80. The Morgan fingerprint density at radius 3 is 2.77 bits per heavy atom. The van der Waals surface area contributed by atoms with Crippen LogP contribution in [0.1, 0.15) is 41.7 Å². The molecule has 0 bridgehead atoms. The van der Waals surface area contributed by atoms with Crippen molar-refractivity contribution in [3.63, 3.8) is 0 Å². The highest BCUT2D eigenvalue weighted by molar-refractivity contribution is 5.78. The molecule has 1 aliphatic heterocycles. The Hall–Kier alpha value is -1.67. The minimum absolute atomic E-state index is 0.0163. The molecule has 1 saturated heterocycles. The van der Waals surface area contributed by atoms with Crippen LogP contribution in [0.3, 0.4) is 0 Å². The summed E-state index contributed by atoms with van der Waals surface area (Å²) in [5, 5.41) is 14.4. The molecule has 0 aromatic heterocycles. The molecule has 7 nitrogen and oxygen atoms in total. The van der Waals surface area contributed by atoms with Crippen LogP contribution in [0, 0.1) is 25.7 Å². The second-order valence-corrected chi connectivity index (χ2v) is 8.73. The number of carbonyl (C=O) groups excluding carboxylic acids is 1. The molecule has 1 amide bonds. The molecule has 1 aromatic rings. The van der Waals surface area contributed by atoms with Crippen molar-refractivity contribution in [2.45, 2.75) is 39.7 Å². The lowest BCUT2D eigenvalue weighted by Crippen LogP contribution is -2.43. The number of hydrogen-bond donors (Lipinski definition) is 2. The summed E-state index contributed by atoms with van der Waals surface area (Å²) >= 11 is 0. The van der Waals surface area contributed by atoms with E-state index in [2.05, 4.69) is 23.2 Å². The third-order valence-corrected chi connectivity index (χ3v) is 6.78. The van der Waals surface area contributed by atoms with Crippen molar-refractivity contribution in [1.29, 1.82) is 0 Å². The number of nitrogens with one attached hydrogen (secondary N) is 1. The number of rotatable bonds is 9. The topological polar surface area (TPSA) is 80.3 Å². The molecule has 0 radical (unpaired) electrons. The van der Waals surface area contributed by atoms with Crippen molar-refractivity contribution >= 4 is 5.91 Å². The van der Waals surface area contributed by atoms with E-state index in [4.69, 9.17) is 14.2 Å². The van der Waals surface area contributed by atoms with Gasteiger partial charge in [-0.25, -0.2) is 0 Å². The molecular formula is C24H38N2O5. The first-order valence-electron chi connectivity index (χ1n) is 11.4. The third-order valence-electron chi connectivity index (χ3n) is 6.78. The van der Waals surface area contributed by atoms with Crippen LogP contribution in [-0.4, -0.2) is 75.6 Å². The summed E-state index contributed by atoms with van der Waals surface area (Å²) in [4.78, 5) is 15.1. The molecule has 2 aliphatic rings. The van der Waals surface area contributed by atoms with Gasteiger partial charge in [0.15, 0.2) is 0 Å². The quantitative estimate of drug-likeness (QED) is 0.579. The number of hydrogen-bond acceptors (Lipinski definition) is 6. The van der Waals surface area contributed by atoms with Crippen LogP contribution in [0.4, 0.5) is 0 Å². The van der Waals surface area contributed by atoms with E-state index in [0.29, 0.717) is 19.8 Å². The van der Waals surface area contributed by atoms with Gasteiger partial charge in [0.1, 0.15) is 12.4 Å². The van der Waals surface area contributed by atoms with Crippen molar-refractivity contribution in [3.8, 4) is 5.75 Å². The van der Waals surface area contributed by atoms with Gasteiger partial charge in [-0.2, -0.15) is 0 Å². The van der Waals surface area contributed by atoms with Crippen molar-refractivity contribution in [3.05, 3.63) is 28.3 Å². The number of fused-ring (bicyclic) bond motifs is 1. The molecule has 1 heterocycles. The van der Waals surface area contributed by atoms with Crippen molar-refractivity contribution in [1.82, 2.24) is 10.2 Å². The summed E-state index contributed by atoms with van der Waals surface area (Å²) in [6, 6.07) is 2.05. The van der Waals surface area contributed by atoms with Gasteiger partial charge in [-0.3, -0.25) is 9.69 Å². The van der Waals surface area contributed by atoms with Gasteiger partial charge in [-0.15, -0.1) is 0 Å². The highest BCUT2D eigenvalue weighted by Gasteiger charge is 2.37. The van der Waals surface area contributed by atoms with Gasteiger partial charge in [0.25, 0.3) is 0 Å². The normalized spacial score (nSPS) is 22.6. The maximum Gasteiger partial charge on any atom is 0.223 e. The van der Waals surface area contributed by atoms with Crippen LogP contribution in [0.2, 0.25) is 0 Å². The van der Waals surface area contributed by atoms with Crippen LogP contribution in [0.15, 0.2) is 6.07 Å². The minimum Gasteiger partial charge on any atom is -0.491 e. The molecule has 1 aliphatic carbocycles. The number of nitrogens with zero attached hydrogens (tertiary/aromatic N) is 1. The minimum atomic E-state index is -0.673. The molecular weight excluding hydrogens is 396 g/mol. The average Bonchev–Trinajstić information content (AvgIpc) is 2.77. The molecule has 174 valence electrons. The van der Waals surface area contributed by atoms with Gasteiger partial charge < -0.3 is 24.6 Å². The summed E-state index contributed by atoms with van der Waals surface area (Å²) in [6.07, 6.45) is 0.998. The third kappa shape index (κ3) is 5.77. The number of aliphatic hydroxyl groups is 1. The van der Waals surface area contributed by atoms with E-state index in [-0.39, 0.29) is 17.7 Å². The van der Waals surface area contributed by atoms with E-state index in [9.17, 15) is 9.90 Å². The zero-order chi connectivity index (χ0) is 22.4. The summed E-state index contributed by atoms with van der Waals surface area (Å²) in [5.41, 5.74) is 4.24. The van der Waals surface area contributed by atoms with E-state index >= 15 is 0 Å². The number of carbonyl (C=O) groups is 1. The van der Waals surface area contributed by atoms with E-state index in [1.807, 2.05) is 13.8 Å².